The van der Waals surface area contributed by atoms with Gasteiger partial charge in [-0.15, -0.1) is 0 Å². The standard InChI is InChI=1S/C23H33N5O2/c1-3-20(4-2)22(29)27-13-9-21(10-14-27)26-23(30)24-16-18-7-5-8-19(15-18)17-28-12-6-11-25-28/h5-8,11-12,15,20-21H,3-4,9-10,13-14,16-17H2,1-2H3,(H2,24,26,30). The molecule has 0 spiro atoms. The van der Waals surface area contributed by atoms with Crippen molar-refractivity contribution < 1.29 is 9.59 Å². The second kappa shape index (κ2) is 10.8. The Hall–Kier alpha value is -2.83. The van der Waals surface area contributed by atoms with E-state index in [2.05, 4.69) is 41.7 Å². The lowest BCUT2D eigenvalue weighted by Crippen LogP contribution is -2.50. The Morgan fingerprint density at radius 2 is 1.87 bits per heavy atom. The Morgan fingerprint density at radius 3 is 2.53 bits per heavy atom. The van der Waals surface area contributed by atoms with Crippen molar-refractivity contribution in [1.29, 1.82) is 0 Å². The van der Waals surface area contributed by atoms with Crippen LogP contribution in [0.2, 0.25) is 0 Å². The van der Waals surface area contributed by atoms with Gasteiger partial charge in [0.1, 0.15) is 0 Å². The molecule has 1 aliphatic heterocycles. The zero-order valence-electron chi connectivity index (χ0n) is 18.0. The van der Waals surface area contributed by atoms with Crippen LogP contribution in [0.3, 0.4) is 0 Å². The lowest BCUT2D eigenvalue weighted by Gasteiger charge is -2.34. The molecule has 7 heteroatoms. The zero-order valence-corrected chi connectivity index (χ0v) is 18.0. The molecule has 0 aliphatic carbocycles. The highest BCUT2D eigenvalue weighted by molar-refractivity contribution is 5.79. The summed E-state index contributed by atoms with van der Waals surface area (Å²) >= 11 is 0. The molecular weight excluding hydrogens is 378 g/mol. The van der Waals surface area contributed by atoms with Crippen molar-refractivity contribution >= 4 is 11.9 Å². The van der Waals surface area contributed by atoms with Gasteiger partial charge in [0.15, 0.2) is 0 Å². The molecule has 1 saturated heterocycles. The van der Waals surface area contributed by atoms with Gasteiger partial charge >= 0.3 is 6.03 Å². The fraction of sp³-hybridized carbons (Fsp3) is 0.522. The first-order valence-electron chi connectivity index (χ1n) is 11.0. The molecule has 30 heavy (non-hydrogen) atoms. The highest BCUT2D eigenvalue weighted by Crippen LogP contribution is 2.17. The Balaban J connectivity index is 1.41. The summed E-state index contributed by atoms with van der Waals surface area (Å²) in [7, 11) is 0. The monoisotopic (exact) mass is 411 g/mol. The van der Waals surface area contributed by atoms with Crippen LogP contribution in [0.5, 0.6) is 0 Å². The number of aromatic nitrogens is 2. The molecule has 7 nitrogen and oxygen atoms in total. The Kier molecular flexibility index (Phi) is 7.88. The largest absolute Gasteiger partial charge is 0.342 e. The van der Waals surface area contributed by atoms with E-state index < -0.39 is 0 Å². The van der Waals surface area contributed by atoms with Crippen LogP contribution in [0.25, 0.3) is 0 Å². The van der Waals surface area contributed by atoms with Crippen molar-refractivity contribution in [1.82, 2.24) is 25.3 Å². The van der Waals surface area contributed by atoms with Crippen LogP contribution in [0, 0.1) is 5.92 Å². The summed E-state index contributed by atoms with van der Waals surface area (Å²) in [4.78, 5) is 26.8. The molecule has 1 aliphatic rings. The summed E-state index contributed by atoms with van der Waals surface area (Å²) in [6, 6.07) is 10.0. The van der Waals surface area contributed by atoms with Gasteiger partial charge in [0.25, 0.3) is 0 Å². The molecule has 1 aromatic carbocycles. The van der Waals surface area contributed by atoms with Crippen molar-refractivity contribution in [2.24, 2.45) is 5.92 Å². The van der Waals surface area contributed by atoms with E-state index in [0.717, 1.165) is 49.9 Å². The Bertz CT molecular complexity index is 809. The molecule has 0 unspecified atom stereocenters. The number of urea groups is 1. The van der Waals surface area contributed by atoms with E-state index in [1.165, 1.54) is 0 Å². The van der Waals surface area contributed by atoms with Gasteiger partial charge in [-0.1, -0.05) is 38.1 Å². The number of likely N-dealkylation sites (tertiary alicyclic amines) is 1. The molecule has 1 fully saturated rings. The average molecular weight is 412 g/mol. The van der Waals surface area contributed by atoms with Crippen LogP contribution in [0.4, 0.5) is 4.79 Å². The number of piperidine rings is 1. The first kappa shape index (κ1) is 21.9. The highest BCUT2D eigenvalue weighted by Gasteiger charge is 2.27. The van der Waals surface area contributed by atoms with Crippen LogP contribution in [-0.2, 0) is 17.9 Å². The molecule has 0 radical (unpaired) electrons. The number of hydrogen-bond acceptors (Lipinski definition) is 3. The van der Waals surface area contributed by atoms with E-state index in [4.69, 9.17) is 0 Å². The number of nitrogens with zero attached hydrogens (tertiary/aromatic N) is 3. The first-order valence-corrected chi connectivity index (χ1v) is 11.0. The third-order valence-electron chi connectivity index (χ3n) is 5.82. The van der Waals surface area contributed by atoms with Crippen LogP contribution in [0.15, 0.2) is 42.7 Å². The predicted octanol–water partition coefficient (Wildman–Crippen LogP) is 3.16. The molecule has 0 saturated carbocycles. The number of amides is 3. The minimum Gasteiger partial charge on any atom is -0.342 e. The predicted molar refractivity (Wildman–Crippen MR) is 117 cm³/mol. The lowest BCUT2D eigenvalue weighted by atomic mass is 9.98. The molecule has 3 amide bonds. The van der Waals surface area contributed by atoms with Gasteiger partial charge in [0, 0.05) is 44.0 Å². The minimum absolute atomic E-state index is 0.113. The molecule has 0 bridgehead atoms. The number of hydrogen-bond donors (Lipinski definition) is 2. The number of benzene rings is 1. The van der Waals surface area contributed by atoms with Gasteiger partial charge in [-0.25, -0.2) is 4.79 Å². The van der Waals surface area contributed by atoms with Crippen LogP contribution < -0.4 is 10.6 Å². The van der Waals surface area contributed by atoms with Gasteiger partial charge in [-0.2, -0.15) is 5.10 Å². The highest BCUT2D eigenvalue weighted by atomic mass is 16.2. The topological polar surface area (TPSA) is 79.3 Å². The molecular formula is C23H33N5O2. The molecule has 3 rings (SSSR count). The summed E-state index contributed by atoms with van der Waals surface area (Å²) < 4.78 is 1.87. The lowest BCUT2D eigenvalue weighted by molar-refractivity contribution is -0.136. The van der Waals surface area contributed by atoms with Crippen molar-refractivity contribution in [2.75, 3.05) is 13.1 Å². The van der Waals surface area contributed by atoms with Gasteiger partial charge in [0.05, 0.1) is 6.54 Å². The van der Waals surface area contributed by atoms with Gasteiger partial charge in [0.2, 0.25) is 5.91 Å². The number of nitrogens with one attached hydrogen (secondary N) is 2. The SMILES string of the molecule is CCC(CC)C(=O)N1CCC(NC(=O)NCc2cccc(Cn3cccn3)c2)CC1. The van der Waals surface area contributed by atoms with Crippen molar-refractivity contribution in [3.05, 3.63) is 53.9 Å². The zero-order chi connectivity index (χ0) is 21.3. The molecule has 162 valence electrons. The maximum Gasteiger partial charge on any atom is 0.315 e. The quantitative estimate of drug-likeness (QED) is 0.700. The summed E-state index contributed by atoms with van der Waals surface area (Å²) in [5.74, 6) is 0.389. The summed E-state index contributed by atoms with van der Waals surface area (Å²) in [5, 5.41) is 10.2. The smallest absolute Gasteiger partial charge is 0.315 e. The molecule has 1 aromatic heterocycles. The second-order valence-corrected chi connectivity index (χ2v) is 7.96. The van der Waals surface area contributed by atoms with Crippen LogP contribution in [-0.4, -0.2) is 45.8 Å². The Labute approximate surface area is 178 Å². The Morgan fingerprint density at radius 1 is 1.13 bits per heavy atom. The van der Waals surface area contributed by atoms with Crippen LogP contribution in [0.1, 0.15) is 50.7 Å². The third kappa shape index (κ3) is 6.08. The second-order valence-electron chi connectivity index (χ2n) is 7.96. The van der Waals surface area contributed by atoms with E-state index in [0.29, 0.717) is 13.1 Å². The van der Waals surface area contributed by atoms with E-state index >= 15 is 0 Å². The summed E-state index contributed by atoms with van der Waals surface area (Å²) in [5.41, 5.74) is 2.20. The van der Waals surface area contributed by atoms with E-state index in [9.17, 15) is 9.59 Å². The van der Waals surface area contributed by atoms with Crippen LogP contribution >= 0.6 is 0 Å². The van der Waals surface area contributed by atoms with Crippen molar-refractivity contribution in [3.8, 4) is 0 Å². The number of carbonyl (C=O) groups excluding carboxylic acids is 2. The van der Waals surface area contributed by atoms with E-state index in [1.807, 2.05) is 34.0 Å². The normalized spacial score (nSPS) is 14.7. The van der Waals surface area contributed by atoms with Gasteiger partial charge < -0.3 is 15.5 Å². The van der Waals surface area contributed by atoms with Gasteiger partial charge in [-0.05, 0) is 42.9 Å². The van der Waals surface area contributed by atoms with Crippen molar-refractivity contribution in [2.45, 2.75) is 58.7 Å². The number of rotatable bonds is 8. The number of carbonyl (C=O) groups is 2. The minimum atomic E-state index is -0.155. The maximum atomic E-state index is 12.5. The average Bonchev–Trinajstić information content (AvgIpc) is 3.27. The van der Waals surface area contributed by atoms with Gasteiger partial charge in [-0.3, -0.25) is 9.48 Å². The first-order chi connectivity index (χ1) is 14.6. The molecule has 2 heterocycles. The third-order valence-corrected chi connectivity index (χ3v) is 5.82. The molecule has 0 atom stereocenters. The fourth-order valence-corrected chi connectivity index (χ4v) is 3.98. The maximum absolute atomic E-state index is 12.5. The van der Waals surface area contributed by atoms with E-state index in [-0.39, 0.29) is 23.9 Å². The summed E-state index contributed by atoms with van der Waals surface area (Å²) in [6.45, 7) is 6.76. The summed E-state index contributed by atoms with van der Waals surface area (Å²) in [6.07, 6.45) is 7.08. The van der Waals surface area contributed by atoms with Crippen molar-refractivity contribution in [3.63, 3.8) is 0 Å². The molecule has 2 N–H and O–H groups in total. The van der Waals surface area contributed by atoms with E-state index in [1.54, 1.807) is 6.20 Å². The fourth-order valence-electron chi connectivity index (χ4n) is 3.98. The molecule has 2 aromatic rings.